The van der Waals surface area contributed by atoms with E-state index in [1.807, 2.05) is 13.8 Å². The van der Waals surface area contributed by atoms with Gasteiger partial charge < -0.3 is 14.6 Å². The second-order valence-electron chi connectivity index (χ2n) is 8.54. The maximum absolute atomic E-state index is 13.6. The molecule has 192 valence electrons. The molecular formula is C26H25N3O7S. The molecule has 0 unspecified atom stereocenters. The van der Waals surface area contributed by atoms with E-state index in [2.05, 4.69) is 4.99 Å². The molecule has 4 rings (SSSR count). The first kappa shape index (κ1) is 25.8. The standard InChI is InChI=1S/C26H25N3O7S/c1-5-35-25(32)22-15(4)27-26-28(23(22)17-7-9-18(10-8-17)36-14(2)3)24(31)21(37-26)13-16-6-11-20(30)19(12-16)29(33)34/h6-14,23,30H,5H2,1-4H3/b21-13-/t23-/m1/s1. The van der Waals surface area contributed by atoms with Crippen LogP contribution in [0.1, 0.15) is 44.9 Å². The zero-order chi connectivity index (χ0) is 26.9. The number of allylic oxidation sites excluding steroid dienone is 1. The molecule has 0 spiro atoms. The quantitative estimate of drug-likeness (QED) is 0.286. The summed E-state index contributed by atoms with van der Waals surface area (Å²) in [6.07, 6.45) is 1.48. The maximum Gasteiger partial charge on any atom is 0.338 e. The number of carbonyl (C=O) groups is 1. The monoisotopic (exact) mass is 523 g/mol. The van der Waals surface area contributed by atoms with E-state index in [1.54, 1.807) is 38.1 Å². The lowest BCUT2D eigenvalue weighted by atomic mass is 9.96. The Kier molecular flexibility index (Phi) is 7.25. The van der Waals surface area contributed by atoms with Crippen molar-refractivity contribution in [3.8, 4) is 11.5 Å². The fourth-order valence-electron chi connectivity index (χ4n) is 4.04. The van der Waals surface area contributed by atoms with Gasteiger partial charge in [0, 0.05) is 6.07 Å². The lowest BCUT2D eigenvalue weighted by molar-refractivity contribution is -0.385. The summed E-state index contributed by atoms with van der Waals surface area (Å²) < 4.78 is 12.7. The number of benzene rings is 2. The molecule has 3 aromatic rings. The third-order valence-electron chi connectivity index (χ3n) is 5.58. The third kappa shape index (κ3) is 5.17. The number of nitrogens with zero attached hydrogens (tertiary/aromatic N) is 3. The van der Waals surface area contributed by atoms with Gasteiger partial charge in [-0.1, -0.05) is 29.5 Å². The SMILES string of the molecule is CCOC(=O)C1=C(C)N=c2s/c(=C\c3ccc(O)c([N+](=O)[O-])c3)c(=O)n2[C@@H]1c1ccc(OC(C)C)cc1. The van der Waals surface area contributed by atoms with E-state index < -0.39 is 33.9 Å². The molecule has 1 aromatic heterocycles. The molecule has 10 nitrogen and oxygen atoms in total. The van der Waals surface area contributed by atoms with Crippen LogP contribution in [0.3, 0.4) is 0 Å². The van der Waals surface area contributed by atoms with Gasteiger partial charge in [-0.2, -0.15) is 0 Å². The Bertz CT molecular complexity index is 1580. The first-order valence-electron chi connectivity index (χ1n) is 11.5. The van der Waals surface area contributed by atoms with Crippen LogP contribution in [-0.2, 0) is 9.53 Å². The van der Waals surface area contributed by atoms with Crippen molar-refractivity contribution < 1.29 is 24.3 Å². The Labute approximate surface area is 215 Å². The number of esters is 1. The summed E-state index contributed by atoms with van der Waals surface area (Å²) in [4.78, 5) is 42.0. The Hall–Kier alpha value is -4.25. The van der Waals surface area contributed by atoms with Gasteiger partial charge in [0.1, 0.15) is 5.75 Å². The van der Waals surface area contributed by atoms with E-state index in [0.717, 1.165) is 11.3 Å². The highest BCUT2D eigenvalue weighted by atomic mass is 32.1. The van der Waals surface area contributed by atoms with Crippen LogP contribution in [0.4, 0.5) is 5.69 Å². The van der Waals surface area contributed by atoms with E-state index >= 15 is 0 Å². The second-order valence-corrected chi connectivity index (χ2v) is 9.55. The number of ether oxygens (including phenoxy) is 2. The van der Waals surface area contributed by atoms with Crippen LogP contribution in [0.15, 0.2) is 63.5 Å². The van der Waals surface area contributed by atoms with Gasteiger partial charge in [0.2, 0.25) is 0 Å². The predicted octanol–water partition coefficient (Wildman–Crippen LogP) is 3.20. The van der Waals surface area contributed by atoms with Crippen LogP contribution >= 0.6 is 11.3 Å². The number of nitro benzene ring substituents is 1. The van der Waals surface area contributed by atoms with Gasteiger partial charge in [-0.3, -0.25) is 19.5 Å². The minimum Gasteiger partial charge on any atom is -0.502 e. The van der Waals surface area contributed by atoms with Crippen molar-refractivity contribution >= 4 is 29.1 Å². The molecule has 1 atom stereocenters. The summed E-state index contributed by atoms with van der Waals surface area (Å²) in [5.74, 6) is -0.388. The first-order chi connectivity index (χ1) is 17.6. The molecule has 0 radical (unpaired) electrons. The van der Waals surface area contributed by atoms with Gasteiger partial charge >= 0.3 is 11.7 Å². The highest BCUT2D eigenvalue weighted by Crippen LogP contribution is 2.32. The number of thiazole rings is 1. The molecule has 11 heteroatoms. The number of rotatable bonds is 7. The molecule has 2 aromatic carbocycles. The number of fused-ring (bicyclic) bond motifs is 1. The van der Waals surface area contributed by atoms with E-state index in [9.17, 15) is 24.8 Å². The molecule has 0 amide bonds. The fraction of sp³-hybridized carbons (Fsp3) is 0.269. The van der Waals surface area contributed by atoms with Crippen LogP contribution in [-0.4, -0.2) is 33.3 Å². The molecule has 0 bridgehead atoms. The minimum absolute atomic E-state index is 0.0171. The lowest BCUT2D eigenvalue weighted by Crippen LogP contribution is -2.39. The summed E-state index contributed by atoms with van der Waals surface area (Å²) in [5, 5.41) is 21.0. The normalized spacial score (nSPS) is 15.4. The van der Waals surface area contributed by atoms with Crippen molar-refractivity contribution in [2.45, 2.75) is 39.8 Å². The van der Waals surface area contributed by atoms with Gasteiger partial charge in [-0.25, -0.2) is 9.79 Å². The maximum atomic E-state index is 13.6. The van der Waals surface area contributed by atoms with Crippen molar-refractivity contribution in [1.82, 2.24) is 4.57 Å². The Morgan fingerprint density at radius 3 is 2.59 bits per heavy atom. The van der Waals surface area contributed by atoms with Crippen molar-refractivity contribution in [3.05, 3.63) is 94.7 Å². The van der Waals surface area contributed by atoms with Gasteiger partial charge in [0.15, 0.2) is 10.6 Å². The van der Waals surface area contributed by atoms with Crippen molar-refractivity contribution in [2.24, 2.45) is 4.99 Å². The molecule has 1 aliphatic rings. The van der Waals surface area contributed by atoms with Crippen LogP contribution < -0.4 is 19.6 Å². The fourth-order valence-corrected chi connectivity index (χ4v) is 5.08. The Morgan fingerprint density at radius 1 is 1.27 bits per heavy atom. The van der Waals surface area contributed by atoms with Gasteiger partial charge in [-0.05, 0) is 63.1 Å². The summed E-state index contributed by atoms with van der Waals surface area (Å²) >= 11 is 1.10. The summed E-state index contributed by atoms with van der Waals surface area (Å²) in [7, 11) is 0. The van der Waals surface area contributed by atoms with Crippen molar-refractivity contribution in [2.75, 3.05) is 6.61 Å². The predicted molar refractivity (Wildman–Crippen MR) is 137 cm³/mol. The average Bonchev–Trinajstić information content (AvgIpc) is 3.13. The van der Waals surface area contributed by atoms with Crippen molar-refractivity contribution in [3.63, 3.8) is 0 Å². The first-order valence-corrected chi connectivity index (χ1v) is 12.4. The Morgan fingerprint density at radius 2 is 1.97 bits per heavy atom. The second kappa shape index (κ2) is 10.4. The topological polar surface area (TPSA) is 133 Å². The lowest BCUT2D eigenvalue weighted by Gasteiger charge is -2.25. The zero-order valence-corrected chi connectivity index (χ0v) is 21.4. The van der Waals surface area contributed by atoms with E-state index in [4.69, 9.17) is 9.47 Å². The number of hydrogen-bond acceptors (Lipinski definition) is 9. The third-order valence-corrected chi connectivity index (χ3v) is 6.56. The molecular weight excluding hydrogens is 498 g/mol. The van der Waals surface area contributed by atoms with E-state index in [0.29, 0.717) is 27.4 Å². The van der Waals surface area contributed by atoms with Crippen LogP contribution in [0.2, 0.25) is 0 Å². The minimum atomic E-state index is -0.792. The highest BCUT2D eigenvalue weighted by molar-refractivity contribution is 7.07. The molecule has 0 aliphatic carbocycles. The smallest absolute Gasteiger partial charge is 0.338 e. The molecule has 0 saturated carbocycles. The highest BCUT2D eigenvalue weighted by Gasteiger charge is 2.33. The summed E-state index contributed by atoms with van der Waals surface area (Å²) in [6.45, 7) is 7.38. The van der Waals surface area contributed by atoms with Gasteiger partial charge in [-0.15, -0.1) is 0 Å². The molecule has 0 saturated heterocycles. The number of aromatic nitrogens is 1. The number of aromatic hydroxyl groups is 1. The number of hydrogen-bond donors (Lipinski definition) is 1. The number of phenols is 1. The van der Waals surface area contributed by atoms with E-state index in [-0.39, 0.29) is 22.8 Å². The molecule has 2 heterocycles. The molecule has 0 fully saturated rings. The molecule has 37 heavy (non-hydrogen) atoms. The molecule has 1 aliphatic heterocycles. The van der Waals surface area contributed by atoms with E-state index in [1.165, 1.54) is 28.8 Å². The van der Waals surface area contributed by atoms with Crippen LogP contribution in [0.25, 0.3) is 6.08 Å². The largest absolute Gasteiger partial charge is 0.502 e. The summed E-state index contributed by atoms with van der Waals surface area (Å²) in [6, 6.07) is 10.2. The van der Waals surface area contributed by atoms with Gasteiger partial charge in [0.05, 0.1) is 39.5 Å². The number of carbonyl (C=O) groups excluding carboxylic acids is 1. The number of nitro groups is 1. The molecule has 1 N–H and O–H groups in total. The van der Waals surface area contributed by atoms with Crippen LogP contribution in [0, 0.1) is 10.1 Å². The zero-order valence-electron chi connectivity index (χ0n) is 20.6. The summed E-state index contributed by atoms with van der Waals surface area (Å²) in [5.41, 5.74) is 0.826. The Balaban J connectivity index is 1.90. The average molecular weight is 524 g/mol. The number of phenolic OH excluding ortho intramolecular Hbond substituents is 1. The van der Waals surface area contributed by atoms with Crippen LogP contribution in [0.5, 0.6) is 11.5 Å². The van der Waals surface area contributed by atoms with Crippen molar-refractivity contribution in [1.29, 1.82) is 0 Å². The van der Waals surface area contributed by atoms with Gasteiger partial charge in [0.25, 0.3) is 5.56 Å².